The van der Waals surface area contributed by atoms with Gasteiger partial charge in [0.05, 0.1) is 5.92 Å². The van der Waals surface area contributed by atoms with E-state index in [-0.39, 0.29) is 18.1 Å². The van der Waals surface area contributed by atoms with Crippen LogP contribution < -0.4 is 0 Å². The first-order chi connectivity index (χ1) is 8.93. The van der Waals surface area contributed by atoms with Gasteiger partial charge in [0, 0.05) is 24.7 Å². The molecule has 0 aromatic rings. The molecule has 0 aliphatic carbocycles. The maximum absolute atomic E-state index is 12.7. The second-order valence-electron chi connectivity index (χ2n) is 5.92. The van der Waals surface area contributed by atoms with Crippen LogP contribution in [-0.4, -0.2) is 52.8 Å². The van der Waals surface area contributed by atoms with E-state index in [0.29, 0.717) is 19.4 Å². The first-order valence-corrected chi connectivity index (χ1v) is 8.35. The van der Waals surface area contributed by atoms with Crippen LogP contribution in [0.1, 0.15) is 39.0 Å². The molecule has 0 saturated carbocycles. The third-order valence-corrected chi connectivity index (χ3v) is 7.08. The smallest absolute Gasteiger partial charge is 0.308 e. The zero-order valence-corrected chi connectivity index (χ0v) is 11.8. The Morgan fingerprint density at radius 3 is 2.53 bits per heavy atom. The van der Waals surface area contributed by atoms with E-state index in [1.165, 1.54) is 4.31 Å². The average Bonchev–Trinajstić information content (AvgIpc) is 3.01. The predicted octanol–water partition coefficient (Wildman–Crippen LogP) is 0.653. The van der Waals surface area contributed by atoms with Gasteiger partial charge in [-0.05, 0) is 39.0 Å². The molecular weight excluding hydrogens is 268 g/mol. The lowest BCUT2D eigenvalue weighted by Crippen LogP contribution is -2.48. The number of nitrogens with zero attached hydrogens (tertiary/aromatic N) is 2. The largest absolute Gasteiger partial charge is 0.481 e. The molecule has 0 spiro atoms. The minimum Gasteiger partial charge on any atom is -0.481 e. The summed E-state index contributed by atoms with van der Waals surface area (Å²) in [6, 6.07) is -0.405. The van der Waals surface area contributed by atoms with Crippen LogP contribution in [0, 0.1) is 5.92 Å². The highest BCUT2D eigenvalue weighted by Gasteiger charge is 2.56. The number of hydrogen-bond donors (Lipinski definition) is 1. The van der Waals surface area contributed by atoms with Crippen LogP contribution in [-0.2, 0) is 15.0 Å². The molecule has 3 heterocycles. The fourth-order valence-electron chi connectivity index (χ4n) is 3.93. The van der Waals surface area contributed by atoms with Crippen LogP contribution >= 0.6 is 0 Å². The Labute approximate surface area is 113 Å². The molecule has 4 atom stereocenters. The molecule has 19 heavy (non-hydrogen) atoms. The van der Waals surface area contributed by atoms with Gasteiger partial charge in [0.25, 0.3) is 10.2 Å². The van der Waals surface area contributed by atoms with Crippen molar-refractivity contribution in [1.29, 1.82) is 0 Å². The minimum atomic E-state index is -3.49. The van der Waals surface area contributed by atoms with Crippen molar-refractivity contribution in [3.8, 4) is 0 Å². The van der Waals surface area contributed by atoms with Crippen LogP contribution in [0.4, 0.5) is 0 Å². The molecule has 0 amide bonds. The molecule has 3 aliphatic rings. The molecule has 108 valence electrons. The Kier molecular flexibility index (Phi) is 3.11. The summed E-state index contributed by atoms with van der Waals surface area (Å²) in [5, 5.41) is 9.20. The second-order valence-corrected chi connectivity index (χ2v) is 7.70. The number of rotatable bonds is 3. The van der Waals surface area contributed by atoms with E-state index in [2.05, 4.69) is 0 Å². The van der Waals surface area contributed by atoms with Crippen LogP contribution in [0.2, 0.25) is 0 Å². The highest BCUT2D eigenvalue weighted by Crippen LogP contribution is 2.45. The van der Waals surface area contributed by atoms with Gasteiger partial charge in [0.15, 0.2) is 0 Å². The van der Waals surface area contributed by atoms with Crippen molar-refractivity contribution in [3.63, 3.8) is 0 Å². The number of carbonyl (C=O) groups is 1. The fourth-order valence-corrected chi connectivity index (χ4v) is 6.26. The van der Waals surface area contributed by atoms with E-state index in [9.17, 15) is 18.3 Å². The molecule has 3 saturated heterocycles. The maximum Gasteiger partial charge on any atom is 0.308 e. The Hall–Kier alpha value is -0.660. The Balaban J connectivity index is 1.88. The van der Waals surface area contributed by atoms with Gasteiger partial charge in [-0.25, -0.2) is 0 Å². The van der Waals surface area contributed by atoms with Crippen molar-refractivity contribution >= 4 is 16.2 Å². The Morgan fingerprint density at radius 2 is 2.00 bits per heavy atom. The molecule has 3 fully saturated rings. The van der Waals surface area contributed by atoms with Crippen molar-refractivity contribution in [2.45, 2.75) is 57.2 Å². The number of fused-ring (bicyclic) bond motifs is 2. The number of hydrogen-bond acceptors (Lipinski definition) is 3. The van der Waals surface area contributed by atoms with Gasteiger partial charge in [0.1, 0.15) is 0 Å². The van der Waals surface area contributed by atoms with Crippen LogP contribution in [0.3, 0.4) is 0 Å². The third kappa shape index (κ3) is 1.90. The number of aliphatic carboxylic acids is 1. The molecule has 0 radical (unpaired) electrons. The van der Waals surface area contributed by atoms with E-state index in [1.54, 1.807) is 4.31 Å². The summed E-state index contributed by atoms with van der Waals surface area (Å²) in [6.45, 7) is 2.49. The van der Waals surface area contributed by atoms with Crippen LogP contribution in [0.5, 0.6) is 0 Å². The standard InChI is InChI=1S/C12H20N2O4S/c1-8-3-2-6-13(8)19(17,18)14-9-4-5-11(14)10(7-9)12(15)16/h8-11H,2-7H2,1H3,(H,15,16). The summed E-state index contributed by atoms with van der Waals surface area (Å²) >= 11 is 0. The second kappa shape index (κ2) is 4.43. The summed E-state index contributed by atoms with van der Waals surface area (Å²) in [4.78, 5) is 11.2. The third-order valence-electron chi connectivity index (χ3n) is 4.84. The van der Waals surface area contributed by atoms with E-state index >= 15 is 0 Å². The maximum atomic E-state index is 12.7. The van der Waals surface area contributed by atoms with Crippen LogP contribution in [0.15, 0.2) is 0 Å². The summed E-state index contributed by atoms with van der Waals surface area (Å²) in [5.74, 6) is -1.38. The van der Waals surface area contributed by atoms with E-state index in [0.717, 1.165) is 19.3 Å². The highest BCUT2D eigenvalue weighted by atomic mass is 32.2. The van der Waals surface area contributed by atoms with Crippen molar-refractivity contribution < 1.29 is 18.3 Å². The quantitative estimate of drug-likeness (QED) is 0.827. The van der Waals surface area contributed by atoms with Crippen molar-refractivity contribution in [3.05, 3.63) is 0 Å². The predicted molar refractivity (Wildman–Crippen MR) is 68.7 cm³/mol. The Bertz CT molecular complexity index is 492. The molecule has 1 N–H and O–H groups in total. The number of carboxylic acids is 1. The van der Waals surface area contributed by atoms with Crippen molar-refractivity contribution in [2.75, 3.05) is 6.54 Å². The monoisotopic (exact) mass is 288 g/mol. The van der Waals surface area contributed by atoms with Gasteiger partial charge >= 0.3 is 5.97 Å². The van der Waals surface area contributed by atoms with Gasteiger partial charge in [-0.2, -0.15) is 17.0 Å². The van der Waals surface area contributed by atoms with Gasteiger partial charge in [0.2, 0.25) is 0 Å². The van der Waals surface area contributed by atoms with Crippen molar-refractivity contribution in [2.24, 2.45) is 5.92 Å². The summed E-state index contributed by atoms with van der Waals surface area (Å²) in [7, 11) is -3.49. The van der Waals surface area contributed by atoms with Gasteiger partial charge in [-0.1, -0.05) is 0 Å². The molecule has 4 unspecified atom stereocenters. The molecule has 7 heteroatoms. The van der Waals surface area contributed by atoms with Gasteiger partial charge in [-0.3, -0.25) is 4.79 Å². The molecule has 3 aliphatic heterocycles. The first-order valence-electron chi connectivity index (χ1n) is 6.96. The molecule has 3 rings (SSSR count). The molecule has 2 bridgehead atoms. The lowest BCUT2D eigenvalue weighted by Gasteiger charge is -2.30. The molecule has 0 aromatic heterocycles. The highest BCUT2D eigenvalue weighted by molar-refractivity contribution is 7.86. The molecule has 0 aromatic carbocycles. The molecule has 6 nitrogen and oxygen atoms in total. The fraction of sp³-hybridized carbons (Fsp3) is 0.917. The normalized spacial score (nSPS) is 40.1. The number of carboxylic acid groups (broad SMARTS) is 1. The lowest BCUT2D eigenvalue weighted by molar-refractivity contribution is -0.142. The van der Waals surface area contributed by atoms with E-state index in [4.69, 9.17) is 0 Å². The van der Waals surface area contributed by atoms with Crippen LogP contribution in [0.25, 0.3) is 0 Å². The average molecular weight is 288 g/mol. The van der Waals surface area contributed by atoms with Gasteiger partial charge in [-0.15, -0.1) is 0 Å². The topological polar surface area (TPSA) is 77.9 Å². The first kappa shape index (κ1) is 13.3. The summed E-state index contributed by atoms with van der Waals surface area (Å²) in [6.07, 6.45) is 3.75. The Morgan fingerprint density at radius 1 is 1.26 bits per heavy atom. The molecular formula is C12H20N2O4S. The zero-order valence-electron chi connectivity index (χ0n) is 11.0. The van der Waals surface area contributed by atoms with Crippen molar-refractivity contribution in [1.82, 2.24) is 8.61 Å². The summed E-state index contributed by atoms with van der Waals surface area (Å²) in [5.41, 5.74) is 0. The summed E-state index contributed by atoms with van der Waals surface area (Å²) < 4.78 is 28.5. The van der Waals surface area contributed by atoms with Gasteiger partial charge < -0.3 is 5.11 Å². The minimum absolute atomic E-state index is 0.0354. The SMILES string of the molecule is CC1CCCN1S(=O)(=O)N1C2CCC1C(C(=O)O)C2. The lowest BCUT2D eigenvalue weighted by atomic mass is 9.89. The van der Waals surface area contributed by atoms with E-state index in [1.807, 2.05) is 6.92 Å². The zero-order chi connectivity index (χ0) is 13.8. The van der Waals surface area contributed by atoms with E-state index < -0.39 is 22.1 Å².